The third kappa shape index (κ3) is 2.31. The molecule has 0 aromatic rings. The van der Waals surface area contributed by atoms with Crippen LogP contribution in [0.25, 0.3) is 0 Å². The van der Waals surface area contributed by atoms with Gasteiger partial charge in [0.15, 0.2) is 0 Å². The van der Waals surface area contributed by atoms with Crippen LogP contribution in [0.3, 0.4) is 0 Å². The van der Waals surface area contributed by atoms with Gasteiger partial charge < -0.3 is 15.8 Å². The van der Waals surface area contributed by atoms with Crippen LogP contribution in [0, 0.1) is 23.2 Å². The molecule has 0 heterocycles. The van der Waals surface area contributed by atoms with Crippen LogP contribution in [-0.2, 0) is 9.53 Å². The fourth-order valence-electron chi connectivity index (χ4n) is 4.83. The summed E-state index contributed by atoms with van der Waals surface area (Å²) >= 11 is 0. The van der Waals surface area contributed by atoms with Crippen molar-refractivity contribution in [1.29, 1.82) is 0 Å². The summed E-state index contributed by atoms with van der Waals surface area (Å²) in [5.41, 5.74) is 5.35. The molecule has 1 amide bonds. The molecule has 0 saturated heterocycles. The average molecular weight is 294 g/mol. The van der Waals surface area contributed by atoms with E-state index in [1.165, 1.54) is 25.7 Å². The van der Waals surface area contributed by atoms with Crippen molar-refractivity contribution in [3.63, 3.8) is 0 Å². The van der Waals surface area contributed by atoms with Crippen LogP contribution in [0.1, 0.15) is 52.9 Å². The second-order valence-corrected chi connectivity index (χ2v) is 7.99. The number of amides is 1. The smallest absolute Gasteiger partial charge is 0.240 e. The van der Waals surface area contributed by atoms with Crippen LogP contribution >= 0.6 is 0 Å². The summed E-state index contributed by atoms with van der Waals surface area (Å²) in [6.45, 7) is 7.58. The average Bonchev–Trinajstić information content (AvgIpc) is 3.06. The highest BCUT2D eigenvalue weighted by Crippen LogP contribution is 2.50. The van der Waals surface area contributed by atoms with Gasteiger partial charge in [-0.1, -0.05) is 20.3 Å². The molecule has 2 bridgehead atoms. The largest absolute Gasteiger partial charge is 0.378 e. The lowest BCUT2D eigenvalue weighted by Crippen LogP contribution is -2.75. The number of ether oxygens (including phenoxy) is 1. The van der Waals surface area contributed by atoms with Crippen LogP contribution in [0.4, 0.5) is 0 Å². The molecule has 4 nitrogen and oxygen atoms in total. The quantitative estimate of drug-likeness (QED) is 0.816. The highest BCUT2D eigenvalue weighted by atomic mass is 16.5. The fraction of sp³-hybridized carbons (Fsp3) is 0.941. The van der Waals surface area contributed by atoms with E-state index < -0.39 is 5.54 Å². The van der Waals surface area contributed by atoms with E-state index in [2.05, 4.69) is 5.32 Å². The molecule has 5 atom stereocenters. The highest BCUT2D eigenvalue weighted by molar-refractivity contribution is 5.88. The third-order valence-corrected chi connectivity index (χ3v) is 6.64. The molecule has 5 unspecified atom stereocenters. The van der Waals surface area contributed by atoms with E-state index in [0.717, 1.165) is 18.4 Å². The van der Waals surface area contributed by atoms with Crippen molar-refractivity contribution in [1.82, 2.24) is 5.32 Å². The molecular formula is C17H30N2O2. The van der Waals surface area contributed by atoms with Gasteiger partial charge in [0.05, 0.1) is 6.10 Å². The van der Waals surface area contributed by atoms with Gasteiger partial charge in [-0.05, 0) is 43.9 Å². The summed E-state index contributed by atoms with van der Waals surface area (Å²) in [4.78, 5) is 12.6. The van der Waals surface area contributed by atoms with Gasteiger partial charge >= 0.3 is 0 Å². The van der Waals surface area contributed by atoms with E-state index in [1.807, 2.05) is 20.8 Å². The second-order valence-electron chi connectivity index (χ2n) is 7.99. The molecule has 0 aromatic carbocycles. The number of nitrogens with two attached hydrogens (primary N) is 1. The molecule has 0 aromatic heterocycles. The zero-order chi connectivity index (χ0) is 15.3. The summed E-state index contributed by atoms with van der Waals surface area (Å²) in [7, 11) is 0. The Morgan fingerprint density at radius 2 is 2.10 bits per heavy atom. The van der Waals surface area contributed by atoms with Crippen molar-refractivity contribution < 1.29 is 9.53 Å². The molecule has 21 heavy (non-hydrogen) atoms. The van der Waals surface area contributed by atoms with Crippen LogP contribution in [-0.4, -0.2) is 30.7 Å². The predicted octanol–water partition coefficient (Wildman–Crippen LogP) is 2.07. The standard InChI is InChI=1S/C17H30N2O2/c1-4-21-14-9-17(18,16(14,2)3)15(20)19-10-13-8-11-5-6-12(13)7-11/h11-14H,4-10,18H2,1-3H3,(H,19,20). The van der Waals surface area contributed by atoms with Crippen molar-refractivity contribution >= 4 is 5.91 Å². The summed E-state index contributed by atoms with van der Waals surface area (Å²) in [5.74, 6) is 2.47. The van der Waals surface area contributed by atoms with Crippen molar-refractivity contribution in [2.24, 2.45) is 28.9 Å². The number of nitrogens with one attached hydrogen (secondary N) is 1. The number of carbonyl (C=O) groups is 1. The van der Waals surface area contributed by atoms with Gasteiger partial charge in [0.1, 0.15) is 5.54 Å². The third-order valence-electron chi connectivity index (χ3n) is 6.64. The summed E-state index contributed by atoms with van der Waals surface area (Å²) in [6, 6.07) is 0. The summed E-state index contributed by atoms with van der Waals surface area (Å²) in [5, 5.41) is 3.15. The number of hydrogen-bond acceptors (Lipinski definition) is 3. The summed E-state index contributed by atoms with van der Waals surface area (Å²) < 4.78 is 5.70. The number of rotatable bonds is 5. The van der Waals surface area contributed by atoms with Gasteiger partial charge in [0.25, 0.3) is 0 Å². The van der Waals surface area contributed by atoms with Gasteiger partial charge in [0.2, 0.25) is 5.91 Å². The van der Waals surface area contributed by atoms with E-state index in [-0.39, 0.29) is 17.4 Å². The first-order valence-corrected chi connectivity index (χ1v) is 8.57. The normalized spacial score (nSPS) is 43.6. The topological polar surface area (TPSA) is 64.3 Å². The monoisotopic (exact) mass is 294 g/mol. The van der Waals surface area contributed by atoms with Crippen LogP contribution in [0.2, 0.25) is 0 Å². The van der Waals surface area contributed by atoms with Gasteiger partial charge in [-0.3, -0.25) is 4.79 Å². The maximum absolute atomic E-state index is 12.6. The molecule has 3 rings (SSSR count). The lowest BCUT2D eigenvalue weighted by atomic mass is 9.54. The molecule has 3 N–H and O–H groups in total. The van der Waals surface area contributed by atoms with Gasteiger partial charge in [-0.25, -0.2) is 0 Å². The molecule has 3 aliphatic carbocycles. The molecule has 0 radical (unpaired) electrons. The molecule has 0 aliphatic heterocycles. The molecule has 3 saturated carbocycles. The Balaban J connectivity index is 1.53. The first kappa shape index (κ1) is 15.3. The molecule has 120 valence electrons. The Bertz CT molecular complexity index is 423. The molecule has 3 fully saturated rings. The van der Waals surface area contributed by atoms with Crippen molar-refractivity contribution in [2.45, 2.75) is 64.5 Å². The number of carbonyl (C=O) groups excluding carboxylic acids is 1. The Hall–Kier alpha value is -0.610. The first-order chi connectivity index (χ1) is 9.88. The van der Waals surface area contributed by atoms with Crippen LogP contribution in [0.5, 0.6) is 0 Å². The lowest BCUT2D eigenvalue weighted by molar-refractivity contribution is -0.170. The van der Waals surface area contributed by atoms with Crippen molar-refractivity contribution in [3.05, 3.63) is 0 Å². The minimum atomic E-state index is -0.773. The second kappa shape index (κ2) is 5.24. The minimum Gasteiger partial charge on any atom is -0.378 e. The Labute approximate surface area is 128 Å². The Kier molecular flexibility index (Phi) is 3.81. The van der Waals surface area contributed by atoms with Gasteiger partial charge in [-0.15, -0.1) is 0 Å². The fourth-order valence-corrected chi connectivity index (χ4v) is 4.83. The molecule has 0 spiro atoms. The molecule has 3 aliphatic rings. The zero-order valence-electron chi connectivity index (χ0n) is 13.7. The first-order valence-electron chi connectivity index (χ1n) is 8.57. The SMILES string of the molecule is CCOC1CC(N)(C(=O)NCC2CC3CCC2C3)C1(C)C. The van der Waals surface area contributed by atoms with Gasteiger partial charge in [0, 0.05) is 25.0 Å². The molecular weight excluding hydrogens is 264 g/mol. The van der Waals surface area contributed by atoms with Crippen LogP contribution in [0.15, 0.2) is 0 Å². The van der Waals surface area contributed by atoms with Crippen molar-refractivity contribution in [2.75, 3.05) is 13.2 Å². The number of hydrogen-bond donors (Lipinski definition) is 2. The number of fused-ring (bicyclic) bond motifs is 2. The predicted molar refractivity (Wildman–Crippen MR) is 82.7 cm³/mol. The van der Waals surface area contributed by atoms with Gasteiger partial charge in [-0.2, -0.15) is 0 Å². The Morgan fingerprint density at radius 3 is 2.62 bits per heavy atom. The Morgan fingerprint density at radius 1 is 1.33 bits per heavy atom. The zero-order valence-corrected chi connectivity index (χ0v) is 13.7. The van der Waals surface area contributed by atoms with E-state index in [0.29, 0.717) is 18.9 Å². The maximum Gasteiger partial charge on any atom is 0.240 e. The minimum absolute atomic E-state index is 0.0197. The van der Waals surface area contributed by atoms with E-state index in [9.17, 15) is 4.79 Å². The van der Waals surface area contributed by atoms with E-state index in [1.54, 1.807) is 0 Å². The highest BCUT2D eigenvalue weighted by Gasteiger charge is 2.62. The lowest BCUT2D eigenvalue weighted by Gasteiger charge is -2.57. The van der Waals surface area contributed by atoms with Crippen molar-refractivity contribution in [3.8, 4) is 0 Å². The van der Waals surface area contributed by atoms with E-state index in [4.69, 9.17) is 10.5 Å². The molecule has 4 heteroatoms. The van der Waals surface area contributed by atoms with E-state index >= 15 is 0 Å². The maximum atomic E-state index is 12.6. The van der Waals surface area contributed by atoms with Crippen LogP contribution < -0.4 is 11.1 Å². The summed E-state index contributed by atoms with van der Waals surface area (Å²) in [6.07, 6.45) is 6.17.